The molecule has 0 aliphatic carbocycles. The van der Waals surface area contributed by atoms with Crippen molar-refractivity contribution in [2.24, 2.45) is 11.7 Å². The molecule has 0 aliphatic rings. The van der Waals surface area contributed by atoms with E-state index in [9.17, 15) is 14.4 Å². The smallest absolute Gasteiger partial charge is 0.348 e. The van der Waals surface area contributed by atoms with Crippen molar-refractivity contribution in [1.29, 1.82) is 0 Å². The zero-order valence-corrected chi connectivity index (χ0v) is 19.6. The number of hydrogen-bond donors (Lipinski definition) is 1. The number of ether oxygens (including phenoxy) is 3. The molecule has 166 valence electrons. The van der Waals surface area contributed by atoms with Crippen molar-refractivity contribution in [3.05, 3.63) is 71.3 Å². The van der Waals surface area contributed by atoms with Gasteiger partial charge in [-0.15, -0.1) is 0 Å². The van der Waals surface area contributed by atoms with Crippen molar-refractivity contribution < 1.29 is 28.6 Å². The van der Waals surface area contributed by atoms with E-state index in [-0.39, 0.29) is 23.6 Å². The van der Waals surface area contributed by atoms with Gasteiger partial charge in [0.1, 0.15) is 17.3 Å². The monoisotopic (exact) mass is 539 g/mol. The van der Waals surface area contributed by atoms with Gasteiger partial charge < -0.3 is 19.9 Å². The van der Waals surface area contributed by atoms with Crippen LogP contribution in [0.25, 0.3) is 0 Å². The van der Waals surface area contributed by atoms with Crippen molar-refractivity contribution in [3.8, 4) is 0 Å². The number of nitrogens with two attached hydrogens (primary N) is 1. The molecule has 0 amide bonds. The quantitative estimate of drug-likeness (QED) is 0.214. The highest BCUT2D eigenvalue weighted by Crippen LogP contribution is 2.14. The van der Waals surface area contributed by atoms with E-state index in [4.69, 9.17) is 19.9 Å². The maximum absolute atomic E-state index is 12.7. The molecular formula is C23H26INO6. The third kappa shape index (κ3) is 7.95. The van der Waals surface area contributed by atoms with Crippen LogP contribution in [0.5, 0.6) is 0 Å². The highest BCUT2D eigenvalue weighted by Gasteiger charge is 2.29. The van der Waals surface area contributed by atoms with Crippen molar-refractivity contribution in [1.82, 2.24) is 0 Å². The number of benzene rings is 2. The Morgan fingerprint density at radius 1 is 0.903 bits per heavy atom. The number of carbonyl (C=O) groups excluding carboxylic acids is 3. The molecule has 2 aromatic carbocycles. The maximum Gasteiger partial charge on any atom is 0.348 e. The van der Waals surface area contributed by atoms with Crippen LogP contribution in [0, 0.1) is 5.92 Å². The van der Waals surface area contributed by atoms with Gasteiger partial charge in [0.05, 0.1) is 5.56 Å². The average molecular weight is 539 g/mol. The second-order valence-corrected chi connectivity index (χ2v) is 7.85. The minimum atomic E-state index is -1.16. The molecule has 0 saturated heterocycles. The molecule has 0 heterocycles. The zero-order chi connectivity index (χ0) is 22.8. The second kappa shape index (κ2) is 12.4. The minimum absolute atomic E-state index is 0.0606. The van der Waals surface area contributed by atoms with Crippen molar-refractivity contribution in [2.75, 3.05) is 4.61 Å². The van der Waals surface area contributed by atoms with E-state index in [0.29, 0.717) is 11.1 Å². The number of esters is 3. The molecule has 7 nitrogen and oxygen atoms in total. The molecule has 0 aliphatic heterocycles. The zero-order valence-electron chi connectivity index (χ0n) is 17.5. The fourth-order valence-corrected chi connectivity index (χ4v) is 2.89. The Bertz CT molecular complexity index is 869. The van der Waals surface area contributed by atoms with Crippen molar-refractivity contribution >= 4 is 40.5 Å². The molecule has 1 unspecified atom stereocenters. The maximum atomic E-state index is 12.7. The average Bonchev–Trinajstić information content (AvgIpc) is 2.77. The van der Waals surface area contributed by atoms with Crippen LogP contribution in [-0.2, 0) is 36.8 Å². The molecule has 0 aromatic heterocycles. The largest absolute Gasteiger partial charge is 0.458 e. The van der Waals surface area contributed by atoms with E-state index in [1.807, 2.05) is 52.9 Å². The summed E-state index contributed by atoms with van der Waals surface area (Å²) in [6, 6.07) is 14.9. The number of rotatable bonds is 10. The van der Waals surface area contributed by atoms with Gasteiger partial charge in [0.25, 0.3) is 0 Å². The molecule has 2 aromatic rings. The lowest BCUT2D eigenvalue weighted by Gasteiger charge is -2.21. The predicted molar refractivity (Wildman–Crippen MR) is 123 cm³/mol. The molecule has 2 N–H and O–H groups in total. The standard InChI is InChI=1S/C23H26INO6/c1-15(2)20(25)23(28)31-19(22(27)29-13-17-6-4-3-5-7-17)12-16-8-10-18(11-9-16)21(26)30-14-24/h3-11,15,19-20H,12-14,25H2,1-2H3/t19?,20-/m0/s1. The van der Waals surface area contributed by atoms with Crippen molar-refractivity contribution in [2.45, 2.75) is 39.0 Å². The molecule has 31 heavy (non-hydrogen) atoms. The van der Waals surface area contributed by atoms with Gasteiger partial charge in [-0.05, 0) is 51.8 Å². The molecule has 0 bridgehead atoms. The number of hydrogen-bond acceptors (Lipinski definition) is 7. The molecule has 0 radical (unpaired) electrons. The van der Waals surface area contributed by atoms with Crippen LogP contribution in [0.4, 0.5) is 0 Å². The first kappa shape index (κ1) is 24.8. The van der Waals surface area contributed by atoms with Gasteiger partial charge in [-0.1, -0.05) is 56.3 Å². The molecule has 8 heteroatoms. The van der Waals surface area contributed by atoms with E-state index in [0.717, 1.165) is 5.56 Å². The summed E-state index contributed by atoms with van der Waals surface area (Å²) in [4.78, 5) is 36.9. The number of alkyl halides is 1. The lowest BCUT2D eigenvalue weighted by molar-refractivity contribution is -0.170. The van der Waals surface area contributed by atoms with Gasteiger partial charge in [-0.3, -0.25) is 4.79 Å². The van der Waals surface area contributed by atoms with Crippen molar-refractivity contribution in [3.63, 3.8) is 0 Å². The summed E-state index contributed by atoms with van der Waals surface area (Å²) < 4.78 is 16.0. The summed E-state index contributed by atoms with van der Waals surface area (Å²) in [5.41, 5.74) is 7.77. The fourth-order valence-electron chi connectivity index (χ4n) is 2.61. The van der Waals surface area contributed by atoms with Gasteiger partial charge in [0, 0.05) is 6.42 Å². The van der Waals surface area contributed by atoms with Crippen LogP contribution in [0.15, 0.2) is 54.6 Å². The summed E-state index contributed by atoms with van der Waals surface area (Å²) in [7, 11) is 0. The molecule has 2 atom stereocenters. The SMILES string of the molecule is CC(C)[C@H](N)C(=O)OC(Cc1ccc(C(=O)OCI)cc1)C(=O)OCc1ccccc1. The Kier molecular flexibility index (Phi) is 9.93. The topological polar surface area (TPSA) is 105 Å². The lowest BCUT2D eigenvalue weighted by Crippen LogP contribution is -2.41. The Morgan fingerprint density at radius 2 is 1.55 bits per heavy atom. The summed E-state index contributed by atoms with van der Waals surface area (Å²) in [6.45, 7) is 3.65. The van der Waals surface area contributed by atoms with Crippen LogP contribution < -0.4 is 5.73 Å². The van der Waals surface area contributed by atoms with Gasteiger partial charge in [-0.25, -0.2) is 9.59 Å². The molecular weight excluding hydrogens is 513 g/mol. The first-order chi connectivity index (χ1) is 14.8. The van der Waals surface area contributed by atoms with E-state index in [1.165, 1.54) is 0 Å². The van der Waals surface area contributed by atoms with E-state index in [2.05, 4.69) is 0 Å². The fraction of sp³-hybridized carbons (Fsp3) is 0.348. The summed E-state index contributed by atoms with van der Waals surface area (Å²) in [5, 5.41) is 0. The summed E-state index contributed by atoms with van der Waals surface area (Å²) >= 11 is 1.94. The van der Waals surface area contributed by atoms with Crippen LogP contribution in [0.2, 0.25) is 0 Å². The Morgan fingerprint density at radius 3 is 2.13 bits per heavy atom. The van der Waals surface area contributed by atoms with Crippen LogP contribution in [0.1, 0.15) is 35.3 Å². The van der Waals surface area contributed by atoms with Gasteiger partial charge in [-0.2, -0.15) is 0 Å². The van der Waals surface area contributed by atoms with Gasteiger partial charge in [0.15, 0.2) is 0 Å². The predicted octanol–water partition coefficient (Wildman–Crippen LogP) is 3.42. The first-order valence-corrected chi connectivity index (χ1v) is 11.3. The second-order valence-electron chi connectivity index (χ2n) is 7.23. The summed E-state index contributed by atoms with van der Waals surface area (Å²) in [6.07, 6.45) is -1.07. The highest BCUT2D eigenvalue weighted by molar-refractivity contribution is 14.1. The molecule has 0 spiro atoms. The highest BCUT2D eigenvalue weighted by atomic mass is 127. The lowest BCUT2D eigenvalue weighted by atomic mass is 10.0. The van der Waals surface area contributed by atoms with E-state index < -0.39 is 30.1 Å². The molecule has 0 fully saturated rings. The third-order valence-corrected chi connectivity index (χ3v) is 4.84. The number of carbonyl (C=O) groups is 3. The first-order valence-electron chi connectivity index (χ1n) is 9.80. The molecule has 2 rings (SSSR count). The minimum Gasteiger partial charge on any atom is -0.458 e. The van der Waals surface area contributed by atoms with Crippen LogP contribution >= 0.6 is 22.6 Å². The van der Waals surface area contributed by atoms with Crippen LogP contribution in [-0.4, -0.2) is 34.7 Å². The summed E-state index contributed by atoms with van der Waals surface area (Å²) in [5.74, 6) is -1.91. The van der Waals surface area contributed by atoms with Gasteiger partial charge >= 0.3 is 17.9 Å². The van der Waals surface area contributed by atoms with E-state index >= 15 is 0 Å². The Balaban J connectivity index is 2.11. The third-order valence-electron chi connectivity index (χ3n) is 4.53. The Hall–Kier alpha value is -2.46. The van der Waals surface area contributed by atoms with E-state index in [1.54, 1.807) is 38.1 Å². The Labute approximate surface area is 195 Å². The number of halogens is 1. The van der Waals surface area contributed by atoms with Crippen LogP contribution in [0.3, 0.4) is 0 Å². The van der Waals surface area contributed by atoms with Gasteiger partial charge in [0.2, 0.25) is 6.10 Å². The normalized spacial score (nSPS) is 12.7. The molecule has 0 saturated carbocycles.